The molecule has 0 aliphatic carbocycles. The lowest BCUT2D eigenvalue weighted by molar-refractivity contribution is -0.106. The molecule has 0 fully saturated rings. The van der Waals surface area contributed by atoms with Crippen LogP contribution in [0.15, 0.2) is 91.0 Å². The number of carbonyl (C=O) groups is 1. The van der Waals surface area contributed by atoms with Gasteiger partial charge in [0.1, 0.15) is 0 Å². The minimum absolute atomic E-state index is 0.610. The SMILES string of the molecule is O=CN(c1ccccc1)P(=O)(c1ccccc1)c1ccccc1. The van der Waals surface area contributed by atoms with Crippen LogP contribution in [-0.4, -0.2) is 6.41 Å². The van der Waals surface area contributed by atoms with Gasteiger partial charge in [-0.3, -0.25) is 14.0 Å². The van der Waals surface area contributed by atoms with Crippen molar-refractivity contribution >= 4 is 30.0 Å². The van der Waals surface area contributed by atoms with E-state index in [0.29, 0.717) is 22.7 Å². The lowest BCUT2D eigenvalue weighted by Crippen LogP contribution is -2.31. The van der Waals surface area contributed by atoms with Gasteiger partial charge in [0.2, 0.25) is 13.7 Å². The summed E-state index contributed by atoms with van der Waals surface area (Å²) in [5, 5.41) is 1.25. The topological polar surface area (TPSA) is 37.4 Å². The number of rotatable bonds is 5. The molecule has 3 aromatic rings. The van der Waals surface area contributed by atoms with Crippen molar-refractivity contribution in [3.63, 3.8) is 0 Å². The number of amides is 1. The molecule has 0 saturated carbocycles. The summed E-state index contributed by atoms with van der Waals surface area (Å²) in [6, 6.07) is 27.3. The summed E-state index contributed by atoms with van der Waals surface area (Å²) >= 11 is 0. The van der Waals surface area contributed by atoms with Crippen molar-refractivity contribution in [2.75, 3.05) is 4.67 Å². The van der Waals surface area contributed by atoms with E-state index in [1.807, 2.05) is 54.6 Å². The van der Waals surface area contributed by atoms with Gasteiger partial charge >= 0.3 is 0 Å². The number of carbonyl (C=O) groups excluding carboxylic acids is 1. The van der Waals surface area contributed by atoms with Crippen LogP contribution in [0.5, 0.6) is 0 Å². The fraction of sp³-hybridized carbons (Fsp3) is 0. The summed E-state index contributed by atoms with van der Waals surface area (Å²) in [6.07, 6.45) is 0.649. The van der Waals surface area contributed by atoms with Crippen molar-refractivity contribution in [3.05, 3.63) is 91.0 Å². The first kappa shape index (κ1) is 15.3. The number of benzene rings is 3. The Morgan fingerprint density at radius 3 is 1.43 bits per heavy atom. The third kappa shape index (κ3) is 2.84. The minimum atomic E-state index is -3.29. The molecule has 0 atom stereocenters. The Morgan fingerprint density at radius 2 is 1.04 bits per heavy atom. The monoisotopic (exact) mass is 321 g/mol. The standard InChI is InChI=1S/C19H16NO2P/c21-16-20(17-10-4-1-5-11-17)23(22,18-12-6-2-7-13-18)19-14-8-3-9-15-19/h1-16H. The Morgan fingerprint density at radius 1 is 0.652 bits per heavy atom. The van der Waals surface area contributed by atoms with Crippen molar-refractivity contribution in [1.82, 2.24) is 0 Å². The predicted octanol–water partition coefficient (Wildman–Crippen LogP) is 3.58. The van der Waals surface area contributed by atoms with Crippen LogP contribution >= 0.6 is 7.29 Å². The average molecular weight is 321 g/mol. The molecule has 114 valence electrons. The normalized spacial score (nSPS) is 11.0. The minimum Gasteiger partial charge on any atom is -0.289 e. The molecule has 0 aromatic heterocycles. The van der Waals surface area contributed by atoms with E-state index in [2.05, 4.69) is 0 Å². The Hall–Kier alpha value is -2.64. The largest absolute Gasteiger partial charge is 0.289 e. The first-order chi connectivity index (χ1) is 11.3. The van der Waals surface area contributed by atoms with Crippen LogP contribution < -0.4 is 15.3 Å². The smallest absolute Gasteiger partial charge is 0.235 e. The number of hydrogen-bond donors (Lipinski definition) is 0. The Bertz CT molecular complexity index is 776. The molecule has 0 saturated heterocycles. The van der Waals surface area contributed by atoms with Crippen molar-refractivity contribution < 1.29 is 9.36 Å². The van der Waals surface area contributed by atoms with Crippen molar-refractivity contribution in [2.45, 2.75) is 0 Å². The molecule has 1 amide bonds. The molecule has 0 aliphatic heterocycles. The molecule has 0 heterocycles. The first-order valence-electron chi connectivity index (χ1n) is 7.28. The molecule has 3 aromatic carbocycles. The van der Waals surface area contributed by atoms with Crippen LogP contribution in [0.2, 0.25) is 0 Å². The molecule has 3 nitrogen and oxygen atoms in total. The molecule has 0 bridgehead atoms. The van der Waals surface area contributed by atoms with Gasteiger partial charge in [-0.2, -0.15) is 0 Å². The van der Waals surface area contributed by atoms with Gasteiger partial charge in [0, 0.05) is 10.6 Å². The summed E-state index contributed by atoms with van der Waals surface area (Å²) in [6.45, 7) is 0. The van der Waals surface area contributed by atoms with E-state index in [-0.39, 0.29) is 0 Å². The zero-order valence-corrected chi connectivity index (χ0v) is 13.3. The maximum absolute atomic E-state index is 14.0. The Kier molecular flexibility index (Phi) is 4.40. The van der Waals surface area contributed by atoms with E-state index in [9.17, 15) is 9.36 Å². The molecule has 0 unspecified atom stereocenters. The van der Waals surface area contributed by atoms with Gasteiger partial charge in [-0.05, 0) is 36.4 Å². The molecular weight excluding hydrogens is 305 g/mol. The third-order valence-corrected chi connectivity index (χ3v) is 6.56. The van der Waals surface area contributed by atoms with Crippen molar-refractivity contribution in [1.29, 1.82) is 0 Å². The van der Waals surface area contributed by atoms with E-state index >= 15 is 0 Å². The first-order valence-corrected chi connectivity index (χ1v) is 8.94. The maximum Gasteiger partial charge on any atom is 0.235 e. The van der Waals surface area contributed by atoms with Crippen LogP contribution in [0.1, 0.15) is 0 Å². The van der Waals surface area contributed by atoms with Crippen LogP contribution in [0, 0.1) is 0 Å². The van der Waals surface area contributed by atoms with Gasteiger partial charge < -0.3 is 0 Å². The second-order valence-corrected chi connectivity index (χ2v) is 7.65. The molecule has 0 aliphatic rings. The van der Waals surface area contributed by atoms with E-state index in [1.165, 1.54) is 4.67 Å². The summed E-state index contributed by atoms with van der Waals surface area (Å²) in [4.78, 5) is 11.9. The fourth-order valence-corrected chi connectivity index (χ4v) is 5.07. The van der Waals surface area contributed by atoms with E-state index in [4.69, 9.17) is 0 Å². The highest BCUT2D eigenvalue weighted by atomic mass is 31.2. The summed E-state index contributed by atoms with van der Waals surface area (Å²) < 4.78 is 15.4. The van der Waals surface area contributed by atoms with Crippen LogP contribution in [-0.2, 0) is 9.36 Å². The molecular formula is C19H16NO2P. The zero-order valence-electron chi connectivity index (χ0n) is 12.4. The third-order valence-electron chi connectivity index (χ3n) is 3.64. The zero-order chi connectivity index (χ0) is 16.1. The number of nitrogens with zero attached hydrogens (tertiary/aromatic N) is 1. The molecule has 4 heteroatoms. The van der Waals surface area contributed by atoms with Gasteiger partial charge in [-0.1, -0.05) is 54.6 Å². The molecule has 0 radical (unpaired) electrons. The highest BCUT2D eigenvalue weighted by Gasteiger charge is 2.34. The summed E-state index contributed by atoms with van der Waals surface area (Å²) in [7, 11) is -3.29. The predicted molar refractivity (Wildman–Crippen MR) is 94.7 cm³/mol. The van der Waals surface area contributed by atoms with Gasteiger partial charge in [-0.15, -0.1) is 0 Å². The molecule has 0 N–H and O–H groups in total. The highest BCUT2D eigenvalue weighted by Crippen LogP contribution is 2.48. The number of para-hydroxylation sites is 1. The molecule has 0 spiro atoms. The average Bonchev–Trinajstić information content (AvgIpc) is 2.64. The molecule has 23 heavy (non-hydrogen) atoms. The summed E-state index contributed by atoms with van der Waals surface area (Å²) in [5.74, 6) is 0. The van der Waals surface area contributed by atoms with Gasteiger partial charge in [0.25, 0.3) is 0 Å². The second kappa shape index (κ2) is 6.64. The van der Waals surface area contributed by atoms with Crippen LogP contribution in [0.4, 0.5) is 5.69 Å². The van der Waals surface area contributed by atoms with E-state index < -0.39 is 7.29 Å². The number of hydrogen-bond acceptors (Lipinski definition) is 2. The lowest BCUT2D eigenvalue weighted by atomic mass is 10.3. The fourth-order valence-electron chi connectivity index (χ4n) is 2.53. The Labute approximate surface area is 135 Å². The quantitative estimate of drug-likeness (QED) is 0.532. The molecule has 3 rings (SSSR count). The maximum atomic E-state index is 14.0. The van der Waals surface area contributed by atoms with Crippen molar-refractivity contribution in [2.24, 2.45) is 0 Å². The second-order valence-electron chi connectivity index (χ2n) is 5.03. The van der Waals surface area contributed by atoms with Crippen molar-refractivity contribution in [3.8, 4) is 0 Å². The lowest BCUT2D eigenvalue weighted by Gasteiger charge is -2.29. The number of anilines is 1. The van der Waals surface area contributed by atoms with Crippen LogP contribution in [0.25, 0.3) is 0 Å². The highest BCUT2D eigenvalue weighted by molar-refractivity contribution is 7.80. The van der Waals surface area contributed by atoms with Gasteiger partial charge in [-0.25, -0.2) is 0 Å². The Balaban J connectivity index is 2.24. The van der Waals surface area contributed by atoms with E-state index in [0.717, 1.165) is 0 Å². The van der Waals surface area contributed by atoms with Gasteiger partial charge in [0.15, 0.2) is 0 Å². The van der Waals surface area contributed by atoms with Crippen LogP contribution in [0.3, 0.4) is 0 Å². The van der Waals surface area contributed by atoms with E-state index in [1.54, 1.807) is 36.4 Å². The van der Waals surface area contributed by atoms with Gasteiger partial charge in [0.05, 0.1) is 5.69 Å². The summed E-state index contributed by atoms with van der Waals surface area (Å²) in [5.41, 5.74) is 0.610.